The number of benzene rings is 1. The highest BCUT2D eigenvalue weighted by Gasteiger charge is 2.46. The van der Waals surface area contributed by atoms with E-state index in [2.05, 4.69) is 9.84 Å². The number of hydrogen-bond donors (Lipinski definition) is 3. The zero-order valence-corrected chi connectivity index (χ0v) is 21.9. The number of nitrogens with zero attached hydrogens (tertiary/aromatic N) is 2. The Morgan fingerprint density at radius 1 is 1.11 bits per heavy atom. The smallest absolute Gasteiger partial charge is 0.491 e. The molecule has 37 heavy (non-hydrogen) atoms. The van der Waals surface area contributed by atoms with Gasteiger partial charge in [-0.05, 0) is 59.2 Å². The van der Waals surface area contributed by atoms with Crippen molar-refractivity contribution in [2.45, 2.75) is 90.8 Å². The van der Waals surface area contributed by atoms with Gasteiger partial charge in [0, 0.05) is 25.1 Å². The predicted molar refractivity (Wildman–Crippen MR) is 133 cm³/mol. The number of ether oxygens (including phenoxy) is 5. The van der Waals surface area contributed by atoms with Crippen LogP contribution in [0.5, 0.6) is 11.6 Å². The van der Waals surface area contributed by atoms with Crippen molar-refractivity contribution in [3.8, 4) is 11.6 Å². The number of rotatable bonds is 10. The van der Waals surface area contributed by atoms with Crippen LogP contribution >= 0.6 is 0 Å². The fourth-order valence-corrected chi connectivity index (χ4v) is 4.03. The van der Waals surface area contributed by atoms with Gasteiger partial charge in [0.2, 0.25) is 12.2 Å². The van der Waals surface area contributed by atoms with Gasteiger partial charge >= 0.3 is 6.16 Å². The van der Waals surface area contributed by atoms with Gasteiger partial charge in [-0.3, -0.25) is 4.68 Å². The Morgan fingerprint density at radius 2 is 1.81 bits per heavy atom. The van der Waals surface area contributed by atoms with Crippen LogP contribution in [0, 0.1) is 6.92 Å². The lowest BCUT2D eigenvalue weighted by molar-refractivity contribution is -0.278. The van der Waals surface area contributed by atoms with Gasteiger partial charge in [0.05, 0.1) is 12.7 Å². The second kappa shape index (κ2) is 12.6. The molecule has 0 saturated carbocycles. The lowest BCUT2D eigenvalue weighted by Crippen LogP contribution is -2.60. The largest absolute Gasteiger partial charge is 0.508 e. The lowest BCUT2D eigenvalue weighted by atomic mass is 9.99. The zero-order chi connectivity index (χ0) is 28.0. The van der Waals surface area contributed by atoms with Crippen LogP contribution < -0.4 is 9.47 Å². The summed E-state index contributed by atoms with van der Waals surface area (Å²) in [6.07, 6.45) is -7.88. The lowest BCUT2D eigenvalue weighted by Gasteiger charge is -2.39. The quantitative estimate of drug-likeness (QED) is 0.398. The molecule has 0 bridgehead atoms. The summed E-state index contributed by atoms with van der Waals surface area (Å²) >= 11 is 0. The van der Waals surface area contributed by atoms with Crippen LogP contribution in [0.15, 0.2) is 24.3 Å². The number of aliphatic hydroxyl groups is 3. The van der Waals surface area contributed by atoms with Gasteiger partial charge in [0.15, 0.2) is 0 Å². The molecule has 5 atom stereocenters. The molecule has 1 saturated heterocycles. The maximum atomic E-state index is 11.6. The van der Waals surface area contributed by atoms with Crippen molar-refractivity contribution < 1.29 is 45.2 Å². The first-order valence-electron chi connectivity index (χ1n) is 13.0. The third kappa shape index (κ3) is 7.13. The summed E-state index contributed by atoms with van der Waals surface area (Å²) in [5.41, 5.74) is 2.61. The molecule has 2 heterocycles. The molecule has 2 aromatic rings. The molecular weight excluding hydrogens is 484 g/mol. The molecule has 1 fully saturated rings. The van der Waals surface area contributed by atoms with Crippen LogP contribution in [-0.4, -0.2) is 81.3 Å². The molecule has 1 aromatic carbocycles. The van der Waals surface area contributed by atoms with E-state index in [1.807, 2.05) is 58.9 Å². The van der Waals surface area contributed by atoms with Gasteiger partial charge in [-0.25, -0.2) is 4.79 Å². The van der Waals surface area contributed by atoms with Crippen molar-refractivity contribution >= 4 is 6.16 Å². The van der Waals surface area contributed by atoms with Crippen molar-refractivity contribution in [1.82, 2.24) is 9.78 Å². The first kappa shape index (κ1) is 27.2. The minimum atomic E-state index is -1.63. The van der Waals surface area contributed by atoms with E-state index in [1.165, 1.54) is 0 Å². The van der Waals surface area contributed by atoms with Crippen LogP contribution in [-0.2, 0) is 20.6 Å². The average molecular weight is 524 g/mol. The molecule has 11 heteroatoms. The fourth-order valence-electron chi connectivity index (χ4n) is 4.03. The summed E-state index contributed by atoms with van der Waals surface area (Å²) in [7, 11) is 0. The van der Waals surface area contributed by atoms with Crippen LogP contribution in [0.4, 0.5) is 4.79 Å². The molecule has 3 N–H and O–H groups in total. The number of carbonyl (C=O) groups excluding carboxylic acids is 1. The third-order valence-electron chi connectivity index (χ3n) is 5.88. The first-order chi connectivity index (χ1) is 18.0. The molecule has 1 aromatic heterocycles. The highest BCUT2D eigenvalue weighted by Crippen LogP contribution is 2.31. The van der Waals surface area contributed by atoms with Crippen molar-refractivity contribution in [1.29, 1.82) is 0 Å². The van der Waals surface area contributed by atoms with E-state index in [0.29, 0.717) is 6.42 Å². The van der Waals surface area contributed by atoms with Crippen molar-refractivity contribution in [2.75, 3.05) is 13.2 Å². The van der Waals surface area contributed by atoms with Gasteiger partial charge in [0.1, 0.15) is 36.8 Å². The Hall–Kier alpha value is -2.86. The number of hydrogen-bond acceptors (Lipinski definition) is 10. The maximum absolute atomic E-state index is 11.6. The zero-order valence-electron chi connectivity index (χ0n) is 22.9. The molecular formula is C26H38N2O9. The minimum absolute atomic E-state index is 0.0217. The van der Waals surface area contributed by atoms with E-state index in [-0.39, 0.29) is 31.5 Å². The topological polar surface area (TPSA) is 142 Å². The van der Waals surface area contributed by atoms with Crippen LogP contribution in [0.2, 0.25) is 0 Å². The maximum Gasteiger partial charge on any atom is 0.508 e. The minimum Gasteiger partial charge on any atom is -0.491 e. The van der Waals surface area contributed by atoms with E-state index in [1.54, 1.807) is 4.68 Å². The van der Waals surface area contributed by atoms with E-state index in [4.69, 9.17) is 20.3 Å². The summed E-state index contributed by atoms with van der Waals surface area (Å²) in [6.45, 7) is 9.06. The van der Waals surface area contributed by atoms with Gasteiger partial charge in [0.25, 0.3) is 0 Å². The summed E-state index contributed by atoms with van der Waals surface area (Å²) < 4.78 is 35.8. The number of aliphatic hydroxyl groups excluding tert-OH is 3. The molecule has 11 nitrogen and oxygen atoms in total. The average Bonchev–Trinajstić information content (AvgIpc) is 3.18. The second-order valence-electron chi connectivity index (χ2n) is 9.44. The standard InChI is InChI=1S/C26H38N2O9/c1-7-33-26(32)34-13-20-21(29)22(30)23(31)25(36-20)37-24-19(16(6)28(27-24)14(2)3)12-17-8-10-18(11-9-17)35-15(4)5/h8-11,14-15,20-23,25,29-31H,7,12-13H2,1-6H3/t20-,21-,22+,23-,25?/m1/s1/i1D. The molecule has 0 radical (unpaired) electrons. The normalized spacial score (nSPS) is 24.2. The number of aromatic nitrogens is 2. The SMILES string of the molecule is [2H]CCOC(=O)OC[C@H]1OC(Oc2nn(C(C)C)c(C)c2Cc2ccc(OC(C)C)cc2)[C@H](O)[C@@H](O)[C@@H]1O. The van der Waals surface area contributed by atoms with E-state index in [9.17, 15) is 20.1 Å². The van der Waals surface area contributed by atoms with E-state index < -0.39 is 43.5 Å². The van der Waals surface area contributed by atoms with Crippen molar-refractivity contribution in [3.05, 3.63) is 41.1 Å². The van der Waals surface area contributed by atoms with Gasteiger partial charge < -0.3 is 39.0 Å². The monoisotopic (exact) mass is 523 g/mol. The van der Waals surface area contributed by atoms with Crippen LogP contribution in [0.3, 0.4) is 0 Å². The number of carbonyl (C=O) groups is 1. The Balaban J connectivity index is 1.79. The Labute approximate surface area is 218 Å². The summed E-state index contributed by atoms with van der Waals surface area (Å²) in [5.74, 6) is 0.971. The van der Waals surface area contributed by atoms with Gasteiger partial charge in [-0.1, -0.05) is 12.1 Å². The first-order valence-corrected chi connectivity index (χ1v) is 12.3. The Morgan fingerprint density at radius 3 is 2.43 bits per heavy atom. The molecule has 1 aliphatic heterocycles. The second-order valence-corrected chi connectivity index (χ2v) is 9.44. The molecule has 0 amide bonds. The Kier molecular flexibility index (Phi) is 9.25. The van der Waals surface area contributed by atoms with Crippen LogP contribution in [0.25, 0.3) is 0 Å². The summed E-state index contributed by atoms with van der Waals surface area (Å²) in [4.78, 5) is 11.6. The molecule has 206 valence electrons. The Bertz CT molecular complexity index is 1040. The third-order valence-corrected chi connectivity index (χ3v) is 5.88. The molecule has 1 aliphatic rings. The molecule has 0 aliphatic carbocycles. The van der Waals surface area contributed by atoms with Crippen molar-refractivity contribution in [2.24, 2.45) is 0 Å². The molecule has 3 rings (SSSR count). The van der Waals surface area contributed by atoms with Gasteiger partial charge in [-0.2, -0.15) is 0 Å². The van der Waals surface area contributed by atoms with Crippen molar-refractivity contribution in [3.63, 3.8) is 0 Å². The molecule has 1 unspecified atom stereocenters. The highest BCUT2D eigenvalue weighted by molar-refractivity contribution is 5.59. The fraction of sp³-hybridized carbons (Fsp3) is 0.615. The molecule has 0 spiro atoms. The van der Waals surface area contributed by atoms with Crippen LogP contribution in [0.1, 0.15) is 58.8 Å². The highest BCUT2D eigenvalue weighted by atomic mass is 16.7. The predicted octanol–water partition coefficient (Wildman–Crippen LogP) is 2.51. The van der Waals surface area contributed by atoms with Gasteiger partial charge in [-0.15, -0.1) is 5.10 Å². The van der Waals surface area contributed by atoms with E-state index in [0.717, 1.165) is 22.6 Å². The summed E-state index contributed by atoms with van der Waals surface area (Å²) in [5, 5.41) is 35.9. The van der Waals surface area contributed by atoms with E-state index >= 15 is 0 Å². The summed E-state index contributed by atoms with van der Waals surface area (Å²) in [6, 6.07) is 7.71.